The van der Waals surface area contributed by atoms with Crippen molar-refractivity contribution in [2.24, 2.45) is 11.3 Å². The van der Waals surface area contributed by atoms with Crippen molar-refractivity contribution in [2.45, 2.75) is 71.1 Å². The van der Waals surface area contributed by atoms with Gasteiger partial charge in [-0.15, -0.1) is 0 Å². The molecule has 2 rings (SSSR count). The second kappa shape index (κ2) is 5.89. The Morgan fingerprint density at radius 1 is 1.33 bits per heavy atom. The summed E-state index contributed by atoms with van der Waals surface area (Å²) < 4.78 is 5.82. The van der Waals surface area contributed by atoms with Gasteiger partial charge < -0.3 is 15.2 Å². The molecule has 0 radical (unpaired) electrons. The summed E-state index contributed by atoms with van der Waals surface area (Å²) in [6.07, 6.45) is 5.97. The minimum absolute atomic E-state index is 0.0758. The van der Waals surface area contributed by atoms with Crippen LogP contribution < -0.4 is 5.32 Å². The first kappa shape index (κ1) is 14.3. The molecule has 5 atom stereocenters. The lowest BCUT2D eigenvalue weighted by Gasteiger charge is -2.54. The third-order valence-electron chi connectivity index (χ3n) is 5.36. The zero-order valence-corrected chi connectivity index (χ0v) is 12.1. The Morgan fingerprint density at radius 3 is 2.67 bits per heavy atom. The van der Waals surface area contributed by atoms with E-state index in [-0.39, 0.29) is 11.5 Å². The van der Waals surface area contributed by atoms with Crippen LogP contribution in [-0.4, -0.2) is 36.5 Å². The largest absolute Gasteiger partial charge is 0.393 e. The minimum Gasteiger partial charge on any atom is -0.393 e. The van der Waals surface area contributed by atoms with Gasteiger partial charge in [0.05, 0.1) is 12.2 Å². The van der Waals surface area contributed by atoms with Crippen molar-refractivity contribution in [2.75, 3.05) is 13.2 Å². The molecule has 0 aromatic carbocycles. The van der Waals surface area contributed by atoms with Crippen molar-refractivity contribution in [3.8, 4) is 0 Å². The van der Waals surface area contributed by atoms with E-state index < -0.39 is 0 Å². The van der Waals surface area contributed by atoms with Gasteiger partial charge in [-0.3, -0.25) is 0 Å². The molecule has 3 heteroatoms. The Kier molecular flexibility index (Phi) is 4.68. The number of rotatable bonds is 6. The highest BCUT2D eigenvalue weighted by atomic mass is 16.5. The summed E-state index contributed by atoms with van der Waals surface area (Å²) >= 11 is 0. The lowest BCUT2D eigenvalue weighted by Crippen LogP contribution is -2.62. The molecule has 3 nitrogen and oxygen atoms in total. The van der Waals surface area contributed by atoms with Gasteiger partial charge in [0.15, 0.2) is 0 Å². The zero-order chi connectivity index (χ0) is 13.2. The van der Waals surface area contributed by atoms with E-state index in [2.05, 4.69) is 26.1 Å². The van der Waals surface area contributed by atoms with E-state index >= 15 is 0 Å². The molecule has 0 aromatic heterocycles. The Labute approximate surface area is 111 Å². The summed E-state index contributed by atoms with van der Waals surface area (Å²) in [7, 11) is 0. The van der Waals surface area contributed by atoms with Crippen LogP contribution in [0.5, 0.6) is 0 Å². The Balaban J connectivity index is 1.80. The summed E-state index contributed by atoms with van der Waals surface area (Å²) in [5.74, 6) is 0.470. The highest BCUT2D eigenvalue weighted by Crippen LogP contribution is 2.46. The topological polar surface area (TPSA) is 41.5 Å². The predicted molar refractivity (Wildman–Crippen MR) is 73.6 cm³/mol. The van der Waals surface area contributed by atoms with E-state index in [1.165, 1.54) is 12.8 Å². The molecule has 2 N–H and O–H groups in total. The van der Waals surface area contributed by atoms with Gasteiger partial charge in [-0.05, 0) is 38.5 Å². The van der Waals surface area contributed by atoms with Gasteiger partial charge in [0.1, 0.15) is 0 Å². The zero-order valence-electron chi connectivity index (χ0n) is 12.1. The molecule has 0 aromatic rings. The van der Waals surface area contributed by atoms with E-state index in [9.17, 15) is 5.11 Å². The van der Waals surface area contributed by atoms with Crippen molar-refractivity contribution in [1.29, 1.82) is 0 Å². The first-order valence-corrected chi connectivity index (χ1v) is 7.64. The molecular weight excluding hydrogens is 226 g/mol. The van der Waals surface area contributed by atoms with Crippen molar-refractivity contribution >= 4 is 0 Å². The second-order valence-corrected chi connectivity index (χ2v) is 6.26. The quantitative estimate of drug-likeness (QED) is 0.765. The highest BCUT2D eigenvalue weighted by Gasteiger charge is 2.50. The SMILES string of the molecule is CCOC1CC(NCC2CCCC2O)C1(C)CC. The maximum absolute atomic E-state index is 9.85. The van der Waals surface area contributed by atoms with Crippen molar-refractivity contribution < 1.29 is 9.84 Å². The first-order valence-electron chi connectivity index (χ1n) is 7.64. The molecule has 2 aliphatic carbocycles. The van der Waals surface area contributed by atoms with Crippen LogP contribution in [0, 0.1) is 11.3 Å². The monoisotopic (exact) mass is 255 g/mol. The summed E-state index contributed by atoms with van der Waals surface area (Å²) in [5, 5.41) is 13.5. The first-order chi connectivity index (χ1) is 8.61. The third kappa shape index (κ3) is 2.59. The van der Waals surface area contributed by atoms with Gasteiger partial charge in [-0.2, -0.15) is 0 Å². The smallest absolute Gasteiger partial charge is 0.0658 e. The fourth-order valence-electron chi connectivity index (χ4n) is 3.62. The molecule has 18 heavy (non-hydrogen) atoms. The summed E-state index contributed by atoms with van der Waals surface area (Å²) in [6.45, 7) is 8.45. The molecule has 0 saturated heterocycles. The Hall–Kier alpha value is -0.120. The Bertz CT molecular complexity index is 271. The molecule has 0 heterocycles. The summed E-state index contributed by atoms with van der Waals surface area (Å²) in [6, 6.07) is 0.562. The van der Waals surface area contributed by atoms with Crippen LogP contribution in [0.2, 0.25) is 0 Å². The molecule has 106 valence electrons. The molecule has 0 amide bonds. The molecule has 5 unspecified atom stereocenters. The van der Waals surface area contributed by atoms with Crippen LogP contribution >= 0.6 is 0 Å². The standard InChI is InChI=1S/C15H29NO2/c1-4-15(3)13(9-14(15)18-5-2)16-10-11-7-6-8-12(11)17/h11-14,16-17H,4-10H2,1-3H3. The average Bonchev–Trinajstić information content (AvgIpc) is 2.77. The van der Waals surface area contributed by atoms with Crippen LogP contribution in [0.25, 0.3) is 0 Å². The number of hydrogen-bond acceptors (Lipinski definition) is 3. The van der Waals surface area contributed by atoms with E-state index in [1.807, 2.05) is 0 Å². The van der Waals surface area contributed by atoms with Gasteiger partial charge in [0.25, 0.3) is 0 Å². The average molecular weight is 255 g/mol. The van der Waals surface area contributed by atoms with Gasteiger partial charge in [0, 0.05) is 24.6 Å². The molecule has 2 fully saturated rings. The lowest BCUT2D eigenvalue weighted by atomic mass is 9.61. The summed E-state index contributed by atoms with van der Waals surface area (Å²) in [5.41, 5.74) is 0.277. The van der Waals surface area contributed by atoms with E-state index in [1.54, 1.807) is 0 Å². The number of aliphatic hydroxyl groups is 1. The summed E-state index contributed by atoms with van der Waals surface area (Å²) in [4.78, 5) is 0. The van der Waals surface area contributed by atoms with Crippen molar-refractivity contribution in [3.63, 3.8) is 0 Å². The fourth-order valence-corrected chi connectivity index (χ4v) is 3.62. The number of hydrogen-bond donors (Lipinski definition) is 2. The van der Waals surface area contributed by atoms with Crippen LogP contribution in [0.15, 0.2) is 0 Å². The molecule has 0 spiro atoms. The molecule has 0 aliphatic heterocycles. The van der Waals surface area contributed by atoms with Gasteiger partial charge in [-0.25, -0.2) is 0 Å². The molecule has 2 saturated carbocycles. The van der Waals surface area contributed by atoms with Crippen LogP contribution in [0.1, 0.15) is 52.9 Å². The van der Waals surface area contributed by atoms with Crippen molar-refractivity contribution in [1.82, 2.24) is 5.32 Å². The number of nitrogens with one attached hydrogen (secondary N) is 1. The Morgan fingerprint density at radius 2 is 2.11 bits per heavy atom. The third-order valence-corrected chi connectivity index (χ3v) is 5.36. The van der Waals surface area contributed by atoms with Gasteiger partial charge in [-0.1, -0.05) is 20.3 Å². The lowest BCUT2D eigenvalue weighted by molar-refractivity contribution is -0.126. The fraction of sp³-hybridized carbons (Fsp3) is 1.00. The molecule has 0 bridgehead atoms. The molecule has 2 aliphatic rings. The normalized spacial score (nSPS) is 44.0. The predicted octanol–water partition coefficient (Wildman–Crippen LogP) is 2.33. The van der Waals surface area contributed by atoms with Crippen LogP contribution in [-0.2, 0) is 4.74 Å². The van der Waals surface area contributed by atoms with Crippen LogP contribution in [0.4, 0.5) is 0 Å². The minimum atomic E-state index is -0.0758. The maximum Gasteiger partial charge on any atom is 0.0658 e. The number of aliphatic hydroxyl groups excluding tert-OH is 1. The molecular formula is C15H29NO2. The van der Waals surface area contributed by atoms with E-state index in [0.29, 0.717) is 18.1 Å². The van der Waals surface area contributed by atoms with Crippen LogP contribution in [0.3, 0.4) is 0 Å². The maximum atomic E-state index is 9.85. The van der Waals surface area contributed by atoms with Crippen molar-refractivity contribution in [3.05, 3.63) is 0 Å². The van der Waals surface area contributed by atoms with Gasteiger partial charge in [0.2, 0.25) is 0 Å². The highest BCUT2D eigenvalue weighted by molar-refractivity contribution is 5.05. The van der Waals surface area contributed by atoms with E-state index in [4.69, 9.17) is 4.74 Å². The van der Waals surface area contributed by atoms with E-state index in [0.717, 1.165) is 32.4 Å². The second-order valence-electron chi connectivity index (χ2n) is 6.26. The number of ether oxygens (including phenoxy) is 1. The van der Waals surface area contributed by atoms with Gasteiger partial charge >= 0.3 is 0 Å².